The van der Waals surface area contributed by atoms with Crippen molar-refractivity contribution in [3.05, 3.63) is 58.1 Å². The standard InChI is InChI=1S/C18H17Cl2NO4/c1-11-5-3-4-6-16(11)24-10-17(22)25-12(2)18(23)21-15-9-13(19)7-8-14(15)20/h3-9,12H,10H2,1-2H3,(H,21,23)/t12-/m1/s1. The molecular weight excluding hydrogens is 365 g/mol. The van der Waals surface area contributed by atoms with Crippen LogP contribution in [0.4, 0.5) is 5.69 Å². The van der Waals surface area contributed by atoms with Crippen molar-refractivity contribution in [2.45, 2.75) is 20.0 Å². The van der Waals surface area contributed by atoms with Gasteiger partial charge in [-0.15, -0.1) is 0 Å². The Morgan fingerprint density at radius 3 is 2.60 bits per heavy atom. The average Bonchev–Trinajstić information content (AvgIpc) is 2.57. The fourth-order valence-corrected chi connectivity index (χ4v) is 2.30. The van der Waals surface area contributed by atoms with Crippen LogP contribution < -0.4 is 10.1 Å². The maximum absolute atomic E-state index is 12.1. The maximum Gasteiger partial charge on any atom is 0.344 e. The number of carbonyl (C=O) groups excluding carboxylic acids is 2. The zero-order valence-electron chi connectivity index (χ0n) is 13.7. The van der Waals surface area contributed by atoms with Gasteiger partial charge in [0.25, 0.3) is 5.91 Å². The number of amides is 1. The molecule has 0 heterocycles. The Morgan fingerprint density at radius 1 is 1.16 bits per heavy atom. The number of hydrogen-bond donors (Lipinski definition) is 1. The first-order valence-corrected chi connectivity index (χ1v) is 8.26. The summed E-state index contributed by atoms with van der Waals surface area (Å²) in [6, 6.07) is 12.0. The molecule has 2 rings (SSSR count). The summed E-state index contributed by atoms with van der Waals surface area (Å²) in [7, 11) is 0. The minimum absolute atomic E-state index is 0.291. The van der Waals surface area contributed by atoms with E-state index in [-0.39, 0.29) is 6.61 Å². The van der Waals surface area contributed by atoms with E-state index in [2.05, 4.69) is 5.32 Å². The molecule has 0 unspecified atom stereocenters. The minimum atomic E-state index is -1.01. The van der Waals surface area contributed by atoms with E-state index in [0.717, 1.165) is 5.56 Å². The Hall–Kier alpha value is -2.24. The zero-order chi connectivity index (χ0) is 18.4. The smallest absolute Gasteiger partial charge is 0.344 e. The number of para-hydroxylation sites is 1. The molecule has 0 radical (unpaired) electrons. The molecule has 1 amide bonds. The van der Waals surface area contributed by atoms with Gasteiger partial charge in [0, 0.05) is 5.02 Å². The molecule has 0 bridgehead atoms. The molecular formula is C18H17Cl2NO4. The van der Waals surface area contributed by atoms with Gasteiger partial charge >= 0.3 is 5.97 Å². The van der Waals surface area contributed by atoms with Gasteiger partial charge in [-0.2, -0.15) is 0 Å². The van der Waals surface area contributed by atoms with E-state index in [1.54, 1.807) is 24.3 Å². The van der Waals surface area contributed by atoms with Crippen LogP contribution in [0.15, 0.2) is 42.5 Å². The van der Waals surface area contributed by atoms with Crippen molar-refractivity contribution < 1.29 is 19.1 Å². The molecule has 0 aliphatic heterocycles. The average molecular weight is 382 g/mol. The predicted molar refractivity (Wildman–Crippen MR) is 97.3 cm³/mol. The van der Waals surface area contributed by atoms with Gasteiger partial charge in [-0.05, 0) is 43.7 Å². The first-order chi connectivity index (χ1) is 11.9. The second kappa shape index (κ2) is 8.74. The highest BCUT2D eigenvalue weighted by Crippen LogP contribution is 2.25. The highest BCUT2D eigenvalue weighted by atomic mass is 35.5. The van der Waals surface area contributed by atoms with Crippen LogP contribution in [-0.2, 0) is 14.3 Å². The lowest BCUT2D eigenvalue weighted by molar-refractivity contribution is -0.155. The van der Waals surface area contributed by atoms with Crippen LogP contribution in [-0.4, -0.2) is 24.6 Å². The second-order valence-corrected chi connectivity index (χ2v) is 6.14. The van der Waals surface area contributed by atoms with Gasteiger partial charge in [-0.3, -0.25) is 4.79 Å². The van der Waals surface area contributed by atoms with Crippen molar-refractivity contribution in [1.82, 2.24) is 0 Å². The Balaban J connectivity index is 1.87. The third kappa shape index (κ3) is 5.66. The van der Waals surface area contributed by atoms with Crippen molar-refractivity contribution in [3.63, 3.8) is 0 Å². The molecule has 0 aromatic heterocycles. The largest absolute Gasteiger partial charge is 0.482 e. The summed E-state index contributed by atoms with van der Waals surface area (Å²) in [5, 5.41) is 3.33. The van der Waals surface area contributed by atoms with E-state index in [4.69, 9.17) is 32.7 Å². The molecule has 132 valence electrons. The number of aryl methyl sites for hydroxylation is 1. The summed E-state index contributed by atoms with van der Waals surface area (Å²) in [5.41, 5.74) is 1.25. The van der Waals surface area contributed by atoms with E-state index in [0.29, 0.717) is 21.5 Å². The van der Waals surface area contributed by atoms with Crippen LogP contribution in [0.2, 0.25) is 10.0 Å². The minimum Gasteiger partial charge on any atom is -0.482 e. The van der Waals surface area contributed by atoms with Gasteiger partial charge in [-0.1, -0.05) is 41.4 Å². The molecule has 0 saturated carbocycles. The predicted octanol–water partition coefficient (Wildman–Crippen LogP) is 4.25. The Labute approximate surface area is 155 Å². The fourth-order valence-electron chi connectivity index (χ4n) is 1.97. The number of halogens is 2. The molecule has 0 aliphatic rings. The van der Waals surface area contributed by atoms with E-state index in [1.165, 1.54) is 13.0 Å². The fraction of sp³-hybridized carbons (Fsp3) is 0.222. The summed E-state index contributed by atoms with van der Waals surface area (Å²) < 4.78 is 10.5. The first-order valence-electron chi connectivity index (χ1n) is 7.50. The number of anilines is 1. The molecule has 0 fully saturated rings. The molecule has 0 saturated heterocycles. The molecule has 2 aromatic carbocycles. The molecule has 0 spiro atoms. The van der Waals surface area contributed by atoms with Crippen molar-refractivity contribution in [2.75, 3.05) is 11.9 Å². The van der Waals surface area contributed by atoms with Crippen LogP contribution in [0.5, 0.6) is 5.75 Å². The summed E-state index contributed by atoms with van der Waals surface area (Å²) >= 11 is 11.8. The number of benzene rings is 2. The number of ether oxygens (including phenoxy) is 2. The zero-order valence-corrected chi connectivity index (χ0v) is 15.2. The quantitative estimate of drug-likeness (QED) is 0.759. The van der Waals surface area contributed by atoms with Crippen molar-refractivity contribution >= 4 is 40.8 Å². The lowest BCUT2D eigenvalue weighted by Gasteiger charge is -2.15. The van der Waals surface area contributed by atoms with Crippen LogP contribution in [0.3, 0.4) is 0 Å². The van der Waals surface area contributed by atoms with Crippen LogP contribution in [0, 0.1) is 6.92 Å². The molecule has 7 heteroatoms. The van der Waals surface area contributed by atoms with E-state index in [9.17, 15) is 9.59 Å². The van der Waals surface area contributed by atoms with E-state index < -0.39 is 18.0 Å². The van der Waals surface area contributed by atoms with Gasteiger partial charge < -0.3 is 14.8 Å². The van der Waals surface area contributed by atoms with Crippen molar-refractivity contribution in [1.29, 1.82) is 0 Å². The summed E-state index contributed by atoms with van der Waals surface area (Å²) in [6.45, 7) is 3.03. The van der Waals surface area contributed by atoms with Crippen LogP contribution in [0.1, 0.15) is 12.5 Å². The highest BCUT2D eigenvalue weighted by molar-refractivity contribution is 6.35. The molecule has 2 aromatic rings. The Kier molecular flexibility index (Phi) is 6.67. The van der Waals surface area contributed by atoms with E-state index in [1.807, 2.05) is 19.1 Å². The van der Waals surface area contributed by atoms with Crippen molar-refractivity contribution in [3.8, 4) is 5.75 Å². The summed E-state index contributed by atoms with van der Waals surface area (Å²) in [4.78, 5) is 24.0. The van der Waals surface area contributed by atoms with Crippen LogP contribution in [0.25, 0.3) is 0 Å². The lowest BCUT2D eigenvalue weighted by Crippen LogP contribution is -2.31. The number of carbonyl (C=O) groups is 2. The van der Waals surface area contributed by atoms with Crippen LogP contribution >= 0.6 is 23.2 Å². The van der Waals surface area contributed by atoms with Gasteiger partial charge in [0.15, 0.2) is 12.7 Å². The van der Waals surface area contributed by atoms with E-state index >= 15 is 0 Å². The first kappa shape index (κ1) is 19.1. The van der Waals surface area contributed by atoms with Gasteiger partial charge in [-0.25, -0.2) is 4.79 Å². The second-order valence-electron chi connectivity index (χ2n) is 5.30. The SMILES string of the molecule is Cc1ccccc1OCC(=O)O[C@H](C)C(=O)Nc1cc(Cl)ccc1Cl. The lowest BCUT2D eigenvalue weighted by atomic mass is 10.2. The number of nitrogens with one attached hydrogen (secondary N) is 1. The maximum atomic E-state index is 12.1. The summed E-state index contributed by atoms with van der Waals surface area (Å²) in [5.74, 6) is -0.584. The Bertz CT molecular complexity index is 779. The van der Waals surface area contributed by atoms with Crippen molar-refractivity contribution in [2.24, 2.45) is 0 Å². The third-order valence-electron chi connectivity index (χ3n) is 3.30. The molecule has 1 atom stereocenters. The normalized spacial score (nSPS) is 11.5. The summed E-state index contributed by atoms with van der Waals surface area (Å²) in [6.07, 6.45) is -1.01. The highest BCUT2D eigenvalue weighted by Gasteiger charge is 2.19. The molecule has 5 nitrogen and oxygen atoms in total. The van der Waals surface area contributed by atoms with Gasteiger partial charge in [0.1, 0.15) is 5.75 Å². The third-order valence-corrected chi connectivity index (χ3v) is 3.87. The number of hydrogen-bond acceptors (Lipinski definition) is 4. The monoisotopic (exact) mass is 381 g/mol. The van der Waals surface area contributed by atoms with Gasteiger partial charge in [0.05, 0.1) is 10.7 Å². The molecule has 1 N–H and O–H groups in total. The molecule has 25 heavy (non-hydrogen) atoms. The molecule has 0 aliphatic carbocycles. The number of esters is 1. The van der Waals surface area contributed by atoms with Gasteiger partial charge in [0.2, 0.25) is 0 Å². The number of rotatable bonds is 6. The topological polar surface area (TPSA) is 64.6 Å². The Morgan fingerprint density at radius 2 is 1.88 bits per heavy atom.